The molecular weight excluding hydrogens is 527 g/mol. The smallest absolute Gasteiger partial charge is 0.253 e. The fraction of sp³-hybridized carbons (Fsp3) is 0.382. The molecule has 0 N–H and O–H groups in total. The van der Waals surface area contributed by atoms with Crippen molar-refractivity contribution >= 4 is 27.8 Å². The number of aryl methyl sites for hydroxylation is 1. The van der Waals surface area contributed by atoms with Crippen molar-refractivity contribution in [3.8, 4) is 11.3 Å². The second-order valence-corrected chi connectivity index (χ2v) is 12.1. The lowest BCUT2D eigenvalue weighted by Gasteiger charge is -2.33. The number of piperidine rings is 2. The number of carbonyl (C=O) groups is 1. The number of para-hydroxylation sites is 2. The maximum atomic E-state index is 13.9. The van der Waals surface area contributed by atoms with Crippen molar-refractivity contribution in [1.82, 2.24) is 29.1 Å². The zero-order valence-corrected chi connectivity index (χ0v) is 24.3. The third kappa shape index (κ3) is 4.98. The molecule has 4 heterocycles. The highest BCUT2D eigenvalue weighted by atomic mass is 19.1. The molecule has 8 heteroatoms. The van der Waals surface area contributed by atoms with E-state index in [4.69, 9.17) is 4.98 Å². The van der Waals surface area contributed by atoms with Gasteiger partial charge in [0.2, 0.25) is 0 Å². The lowest BCUT2D eigenvalue weighted by molar-refractivity contribution is 0.0710. The van der Waals surface area contributed by atoms with Crippen molar-refractivity contribution in [2.45, 2.75) is 38.1 Å². The molecule has 2 fully saturated rings. The number of hydrogen-bond acceptors (Lipinski definition) is 4. The van der Waals surface area contributed by atoms with Crippen LogP contribution in [0.2, 0.25) is 0 Å². The summed E-state index contributed by atoms with van der Waals surface area (Å²) in [6.07, 6.45) is 4.25. The molecule has 2 aliphatic rings. The predicted octanol–water partition coefficient (Wildman–Crippen LogP) is 6.09. The summed E-state index contributed by atoms with van der Waals surface area (Å²) >= 11 is 0. The number of halogens is 1. The highest BCUT2D eigenvalue weighted by molar-refractivity contribution is 6.01. The summed E-state index contributed by atoms with van der Waals surface area (Å²) in [5, 5.41) is 5.55. The molecular formula is C34H37FN6O. The highest BCUT2D eigenvalue weighted by Crippen LogP contribution is 2.33. The molecule has 0 radical (unpaired) electrons. The topological polar surface area (TPSA) is 59.2 Å². The quantitative estimate of drug-likeness (QED) is 0.259. The van der Waals surface area contributed by atoms with Crippen molar-refractivity contribution in [3.05, 3.63) is 83.9 Å². The first kappa shape index (κ1) is 26.8. The number of rotatable bonds is 5. The third-order valence-corrected chi connectivity index (χ3v) is 9.31. The summed E-state index contributed by atoms with van der Waals surface area (Å²) in [5.41, 5.74) is 5.26. The standard InChI is InChI=1S/C34H37FN6O/c1-38-16-12-23(13-17-38)22-41-30-9-4-3-8-29(30)36-33(41)24-14-18-40(19-15-24)34(42)26-10-11-28-31(21-26)39(2)37-32(28)25-6-5-7-27(35)20-25/h3-11,20-21,23-24H,12-19,22H2,1-2H3. The minimum Gasteiger partial charge on any atom is -0.339 e. The molecule has 7 nitrogen and oxygen atoms in total. The van der Waals surface area contributed by atoms with Crippen molar-refractivity contribution < 1.29 is 9.18 Å². The van der Waals surface area contributed by atoms with E-state index in [1.54, 1.807) is 10.7 Å². The molecule has 0 spiro atoms. The molecule has 3 aromatic carbocycles. The van der Waals surface area contributed by atoms with Crippen LogP contribution >= 0.6 is 0 Å². The molecule has 2 saturated heterocycles. The SMILES string of the molecule is CN1CCC(Cn2c(C3CCN(C(=O)c4ccc5c(-c6cccc(F)c6)nn(C)c5c4)CC3)nc3ccccc32)CC1. The van der Waals surface area contributed by atoms with Gasteiger partial charge < -0.3 is 14.4 Å². The van der Waals surface area contributed by atoms with E-state index in [0.717, 1.165) is 60.2 Å². The van der Waals surface area contributed by atoms with Crippen LogP contribution in [0.3, 0.4) is 0 Å². The molecule has 1 amide bonds. The number of amides is 1. The van der Waals surface area contributed by atoms with Crippen molar-refractivity contribution in [2.75, 3.05) is 33.2 Å². The number of fused-ring (bicyclic) bond motifs is 2. The van der Waals surface area contributed by atoms with E-state index in [9.17, 15) is 9.18 Å². The normalized spacial score (nSPS) is 17.5. The van der Waals surface area contributed by atoms with E-state index in [-0.39, 0.29) is 11.7 Å². The molecule has 42 heavy (non-hydrogen) atoms. The van der Waals surface area contributed by atoms with E-state index in [1.165, 1.54) is 36.3 Å². The van der Waals surface area contributed by atoms with Gasteiger partial charge in [0.25, 0.3) is 5.91 Å². The summed E-state index contributed by atoms with van der Waals surface area (Å²) in [7, 11) is 4.07. The molecule has 0 saturated carbocycles. The van der Waals surface area contributed by atoms with Crippen LogP contribution in [0.4, 0.5) is 4.39 Å². The zero-order valence-electron chi connectivity index (χ0n) is 24.3. The van der Waals surface area contributed by atoms with Crippen molar-refractivity contribution in [3.63, 3.8) is 0 Å². The Balaban J connectivity index is 1.09. The number of aromatic nitrogens is 4. The summed E-state index contributed by atoms with van der Waals surface area (Å²) < 4.78 is 18.1. The molecule has 0 bridgehead atoms. The molecule has 2 aliphatic heterocycles. The van der Waals surface area contributed by atoms with Gasteiger partial charge in [0, 0.05) is 49.1 Å². The average molecular weight is 565 g/mol. The Morgan fingerprint density at radius 2 is 1.67 bits per heavy atom. The van der Waals surface area contributed by atoms with E-state index >= 15 is 0 Å². The van der Waals surface area contributed by atoms with Crippen molar-refractivity contribution in [2.24, 2.45) is 13.0 Å². The Morgan fingerprint density at radius 1 is 0.881 bits per heavy atom. The van der Waals surface area contributed by atoms with Gasteiger partial charge in [-0.15, -0.1) is 0 Å². The number of imidazole rings is 1. The molecule has 0 unspecified atom stereocenters. The van der Waals surface area contributed by atoms with Crippen LogP contribution in [0.15, 0.2) is 66.7 Å². The number of benzene rings is 3. The van der Waals surface area contributed by atoms with Gasteiger partial charge in [0.05, 0.1) is 16.6 Å². The van der Waals surface area contributed by atoms with Gasteiger partial charge in [-0.25, -0.2) is 9.37 Å². The Bertz CT molecular complexity index is 1760. The van der Waals surface area contributed by atoms with Crippen LogP contribution in [0.25, 0.3) is 33.2 Å². The van der Waals surface area contributed by atoms with Gasteiger partial charge in [-0.2, -0.15) is 5.10 Å². The molecule has 7 rings (SSSR count). The van der Waals surface area contributed by atoms with Crippen LogP contribution in [-0.2, 0) is 13.6 Å². The molecule has 5 aromatic rings. The summed E-state index contributed by atoms with van der Waals surface area (Å²) in [6, 6.07) is 20.7. The van der Waals surface area contributed by atoms with Crippen molar-refractivity contribution in [1.29, 1.82) is 0 Å². The van der Waals surface area contributed by atoms with Gasteiger partial charge in [0.15, 0.2) is 0 Å². The molecule has 0 atom stereocenters. The number of nitrogens with zero attached hydrogens (tertiary/aromatic N) is 6. The summed E-state index contributed by atoms with van der Waals surface area (Å²) in [6.45, 7) is 4.75. The molecule has 0 aliphatic carbocycles. The minimum absolute atomic E-state index is 0.0451. The summed E-state index contributed by atoms with van der Waals surface area (Å²) in [5.74, 6) is 1.94. The van der Waals surface area contributed by atoms with Gasteiger partial charge in [-0.1, -0.05) is 24.3 Å². The average Bonchev–Trinajstić information content (AvgIpc) is 3.55. The minimum atomic E-state index is -0.293. The number of likely N-dealkylation sites (tertiary alicyclic amines) is 2. The van der Waals surface area contributed by atoms with Gasteiger partial charge in [-0.3, -0.25) is 9.48 Å². The Hall–Kier alpha value is -4.04. The second kappa shape index (κ2) is 11.0. The van der Waals surface area contributed by atoms with Crippen LogP contribution < -0.4 is 0 Å². The maximum absolute atomic E-state index is 13.9. The fourth-order valence-electron chi connectivity index (χ4n) is 6.86. The zero-order chi connectivity index (χ0) is 28.8. The van der Waals surface area contributed by atoms with Crippen LogP contribution in [-0.4, -0.2) is 68.3 Å². The van der Waals surface area contributed by atoms with Gasteiger partial charge in [0.1, 0.15) is 17.3 Å². The molecule has 216 valence electrons. The van der Waals surface area contributed by atoms with Gasteiger partial charge in [-0.05, 0) is 94.2 Å². The number of carbonyl (C=O) groups excluding carboxylic acids is 1. The monoisotopic (exact) mass is 564 g/mol. The molecule has 2 aromatic heterocycles. The Labute approximate surface area is 245 Å². The number of hydrogen-bond donors (Lipinski definition) is 0. The van der Waals surface area contributed by atoms with Crippen LogP contribution in [0.5, 0.6) is 0 Å². The fourth-order valence-corrected chi connectivity index (χ4v) is 6.86. The van der Waals surface area contributed by atoms with Crippen LogP contribution in [0.1, 0.15) is 47.8 Å². The second-order valence-electron chi connectivity index (χ2n) is 12.1. The Kier molecular flexibility index (Phi) is 7.02. The first-order valence-electron chi connectivity index (χ1n) is 15.1. The third-order valence-electron chi connectivity index (χ3n) is 9.31. The largest absolute Gasteiger partial charge is 0.339 e. The first-order valence-corrected chi connectivity index (χ1v) is 15.1. The highest BCUT2D eigenvalue weighted by Gasteiger charge is 2.29. The lowest BCUT2D eigenvalue weighted by atomic mass is 9.94. The first-order chi connectivity index (χ1) is 20.4. The van der Waals surface area contributed by atoms with E-state index < -0.39 is 0 Å². The predicted molar refractivity (Wildman–Crippen MR) is 164 cm³/mol. The Morgan fingerprint density at radius 3 is 2.45 bits per heavy atom. The van der Waals surface area contributed by atoms with E-state index in [1.807, 2.05) is 36.2 Å². The van der Waals surface area contributed by atoms with E-state index in [2.05, 4.69) is 45.9 Å². The van der Waals surface area contributed by atoms with Gasteiger partial charge >= 0.3 is 0 Å². The van der Waals surface area contributed by atoms with E-state index in [0.29, 0.717) is 30.5 Å². The maximum Gasteiger partial charge on any atom is 0.253 e. The van der Waals surface area contributed by atoms with Crippen LogP contribution in [0, 0.1) is 11.7 Å². The lowest BCUT2D eigenvalue weighted by Crippen LogP contribution is -2.38. The summed E-state index contributed by atoms with van der Waals surface area (Å²) in [4.78, 5) is 23.2.